The standard InChI is InChI=1S/C16H18N6OS/c1-10(14-8-22(3)20-11(14)2)17-16(23)18-13-6-4-12(5-7-13)15-9-24-21-19-15/h4-10H,1-3H3,(H2,17,18,23). The molecule has 2 aromatic heterocycles. The molecule has 3 aromatic rings. The third kappa shape index (κ3) is 3.60. The minimum absolute atomic E-state index is 0.126. The van der Waals surface area contributed by atoms with E-state index in [0.29, 0.717) is 0 Å². The number of amides is 2. The van der Waals surface area contributed by atoms with Crippen LogP contribution in [0.4, 0.5) is 10.5 Å². The van der Waals surface area contributed by atoms with Crippen molar-refractivity contribution in [1.82, 2.24) is 24.7 Å². The van der Waals surface area contributed by atoms with Crippen molar-refractivity contribution < 1.29 is 4.79 Å². The van der Waals surface area contributed by atoms with Gasteiger partial charge in [-0.15, -0.1) is 5.10 Å². The highest BCUT2D eigenvalue weighted by Gasteiger charge is 2.14. The van der Waals surface area contributed by atoms with Crippen LogP contribution < -0.4 is 10.6 Å². The van der Waals surface area contributed by atoms with Gasteiger partial charge in [0.25, 0.3) is 0 Å². The fourth-order valence-corrected chi connectivity index (χ4v) is 2.96. The van der Waals surface area contributed by atoms with Crippen LogP contribution in [-0.4, -0.2) is 25.4 Å². The van der Waals surface area contributed by atoms with E-state index in [9.17, 15) is 4.79 Å². The molecule has 0 radical (unpaired) electrons. The summed E-state index contributed by atoms with van der Waals surface area (Å²) in [5, 5.41) is 15.9. The largest absolute Gasteiger partial charge is 0.331 e. The maximum atomic E-state index is 12.2. The molecule has 24 heavy (non-hydrogen) atoms. The Morgan fingerprint density at radius 3 is 2.62 bits per heavy atom. The van der Waals surface area contributed by atoms with Gasteiger partial charge in [0.2, 0.25) is 0 Å². The number of nitrogens with one attached hydrogen (secondary N) is 2. The van der Waals surface area contributed by atoms with E-state index in [1.807, 2.05) is 56.7 Å². The molecule has 8 heteroatoms. The Morgan fingerprint density at radius 1 is 1.29 bits per heavy atom. The van der Waals surface area contributed by atoms with E-state index in [0.717, 1.165) is 28.2 Å². The minimum atomic E-state index is -0.256. The molecule has 0 bridgehead atoms. The normalized spacial score (nSPS) is 12.0. The first kappa shape index (κ1) is 16.1. The predicted octanol–water partition coefficient (Wildman–Crippen LogP) is 3.13. The van der Waals surface area contributed by atoms with E-state index in [1.54, 1.807) is 4.68 Å². The highest BCUT2D eigenvalue weighted by atomic mass is 32.1. The van der Waals surface area contributed by atoms with Gasteiger partial charge in [-0.1, -0.05) is 16.6 Å². The summed E-state index contributed by atoms with van der Waals surface area (Å²) in [6, 6.07) is 7.11. The Labute approximate surface area is 143 Å². The molecule has 1 unspecified atom stereocenters. The predicted molar refractivity (Wildman–Crippen MR) is 93.9 cm³/mol. The number of benzene rings is 1. The highest BCUT2D eigenvalue weighted by molar-refractivity contribution is 7.03. The lowest BCUT2D eigenvalue weighted by Gasteiger charge is -2.14. The Morgan fingerprint density at radius 2 is 2.04 bits per heavy atom. The van der Waals surface area contributed by atoms with Crippen LogP contribution in [0.25, 0.3) is 11.3 Å². The molecule has 2 amide bonds. The van der Waals surface area contributed by atoms with Crippen molar-refractivity contribution in [2.24, 2.45) is 7.05 Å². The van der Waals surface area contributed by atoms with Gasteiger partial charge in [0.05, 0.1) is 11.7 Å². The zero-order chi connectivity index (χ0) is 17.1. The number of aryl methyl sites for hydroxylation is 2. The average molecular weight is 342 g/mol. The molecule has 0 saturated carbocycles. The van der Waals surface area contributed by atoms with Crippen molar-refractivity contribution in [3.63, 3.8) is 0 Å². The summed E-state index contributed by atoms with van der Waals surface area (Å²) < 4.78 is 5.59. The molecule has 2 N–H and O–H groups in total. The summed E-state index contributed by atoms with van der Waals surface area (Å²) >= 11 is 1.31. The first-order valence-corrected chi connectivity index (χ1v) is 8.31. The zero-order valence-corrected chi connectivity index (χ0v) is 14.5. The second kappa shape index (κ2) is 6.79. The van der Waals surface area contributed by atoms with Gasteiger partial charge in [0.1, 0.15) is 5.69 Å². The molecule has 0 aliphatic heterocycles. The SMILES string of the molecule is Cc1nn(C)cc1C(C)NC(=O)Nc1ccc(-c2csnn2)cc1. The number of carbonyl (C=O) groups is 1. The zero-order valence-electron chi connectivity index (χ0n) is 13.6. The molecule has 0 spiro atoms. The van der Waals surface area contributed by atoms with E-state index in [1.165, 1.54) is 11.5 Å². The van der Waals surface area contributed by atoms with Crippen molar-refractivity contribution >= 4 is 23.3 Å². The van der Waals surface area contributed by atoms with Crippen LogP contribution in [0.1, 0.15) is 24.2 Å². The van der Waals surface area contributed by atoms with E-state index >= 15 is 0 Å². The lowest BCUT2D eigenvalue weighted by Crippen LogP contribution is -2.31. The Hall–Kier alpha value is -2.74. The molecule has 0 aliphatic rings. The number of urea groups is 1. The van der Waals surface area contributed by atoms with Gasteiger partial charge in [-0.05, 0) is 37.5 Å². The Bertz CT molecular complexity index is 825. The van der Waals surface area contributed by atoms with Crippen molar-refractivity contribution in [3.8, 4) is 11.3 Å². The number of anilines is 1. The van der Waals surface area contributed by atoms with Crippen LogP contribution in [-0.2, 0) is 7.05 Å². The van der Waals surface area contributed by atoms with Crippen molar-refractivity contribution in [2.75, 3.05) is 5.32 Å². The monoisotopic (exact) mass is 342 g/mol. The number of aromatic nitrogens is 4. The summed E-state index contributed by atoms with van der Waals surface area (Å²) in [5.74, 6) is 0. The molecule has 3 rings (SSSR count). The smallest absolute Gasteiger partial charge is 0.319 e. The molecule has 2 heterocycles. The van der Waals surface area contributed by atoms with E-state index in [2.05, 4.69) is 25.3 Å². The molecule has 0 fully saturated rings. The van der Waals surface area contributed by atoms with Crippen LogP contribution in [0.2, 0.25) is 0 Å². The molecule has 1 atom stereocenters. The first-order chi connectivity index (χ1) is 11.5. The maximum Gasteiger partial charge on any atom is 0.319 e. The van der Waals surface area contributed by atoms with Crippen LogP contribution in [0.3, 0.4) is 0 Å². The lowest BCUT2D eigenvalue weighted by atomic mass is 10.1. The summed E-state index contributed by atoms with van der Waals surface area (Å²) in [6.07, 6.45) is 1.91. The summed E-state index contributed by atoms with van der Waals surface area (Å²) in [7, 11) is 1.86. The molecule has 0 saturated heterocycles. The van der Waals surface area contributed by atoms with Crippen molar-refractivity contribution in [1.29, 1.82) is 0 Å². The Kier molecular flexibility index (Phi) is 4.57. The van der Waals surface area contributed by atoms with E-state index in [4.69, 9.17) is 0 Å². The molecular weight excluding hydrogens is 324 g/mol. The van der Waals surface area contributed by atoms with Gasteiger partial charge in [-0.25, -0.2) is 4.79 Å². The van der Waals surface area contributed by atoms with Gasteiger partial charge in [-0.2, -0.15) is 5.10 Å². The first-order valence-electron chi connectivity index (χ1n) is 7.48. The Balaban J connectivity index is 1.61. The van der Waals surface area contributed by atoms with Crippen LogP contribution in [0.15, 0.2) is 35.8 Å². The quantitative estimate of drug-likeness (QED) is 0.763. The van der Waals surface area contributed by atoms with Crippen LogP contribution in [0.5, 0.6) is 0 Å². The maximum absolute atomic E-state index is 12.2. The average Bonchev–Trinajstić information content (AvgIpc) is 3.17. The minimum Gasteiger partial charge on any atom is -0.331 e. The summed E-state index contributed by atoms with van der Waals surface area (Å²) in [6.45, 7) is 3.86. The molecule has 124 valence electrons. The van der Waals surface area contributed by atoms with Crippen LogP contribution in [0, 0.1) is 6.92 Å². The number of rotatable bonds is 4. The van der Waals surface area contributed by atoms with Gasteiger partial charge < -0.3 is 10.6 Å². The third-order valence-corrected chi connectivity index (χ3v) is 4.17. The number of hydrogen-bond acceptors (Lipinski definition) is 5. The molecule has 7 nitrogen and oxygen atoms in total. The topological polar surface area (TPSA) is 84.7 Å². The van der Waals surface area contributed by atoms with Gasteiger partial charge in [-0.3, -0.25) is 4.68 Å². The second-order valence-corrected chi connectivity index (χ2v) is 6.14. The molecule has 0 aliphatic carbocycles. The van der Waals surface area contributed by atoms with Gasteiger partial charge in [0, 0.05) is 35.4 Å². The number of nitrogens with zero attached hydrogens (tertiary/aromatic N) is 4. The van der Waals surface area contributed by atoms with Gasteiger partial charge in [0.15, 0.2) is 0 Å². The van der Waals surface area contributed by atoms with E-state index < -0.39 is 0 Å². The summed E-state index contributed by atoms with van der Waals surface area (Å²) in [4.78, 5) is 12.2. The number of hydrogen-bond donors (Lipinski definition) is 2. The fraction of sp³-hybridized carbons (Fsp3) is 0.250. The summed E-state index contributed by atoms with van der Waals surface area (Å²) in [5.41, 5.74) is 4.42. The molecular formula is C16H18N6OS. The second-order valence-electron chi connectivity index (χ2n) is 5.53. The third-order valence-electron chi connectivity index (χ3n) is 3.66. The molecule has 1 aromatic carbocycles. The van der Waals surface area contributed by atoms with Crippen molar-refractivity contribution in [2.45, 2.75) is 19.9 Å². The highest BCUT2D eigenvalue weighted by Crippen LogP contribution is 2.20. The number of carbonyl (C=O) groups excluding carboxylic acids is 1. The van der Waals surface area contributed by atoms with E-state index in [-0.39, 0.29) is 12.1 Å². The lowest BCUT2D eigenvalue weighted by molar-refractivity contribution is 0.249. The van der Waals surface area contributed by atoms with Crippen molar-refractivity contribution in [3.05, 3.63) is 47.1 Å². The van der Waals surface area contributed by atoms with Crippen LogP contribution >= 0.6 is 11.5 Å². The van der Waals surface area contributed by atoms with Gasteiger partial charge >= 0.3 is 6.03 Å². The fourth-order valence-electron chi connectivity index (χ4n) is 2.50.